The number of hydrogen-bond donors (Lipinski definition) is 1. The largest absolute Gasteiger partial charge is 0.299 e. The summed E-state index contributed by atoms with van der Waals surface area (Å²) in [7, 11) is -3.46. The highest BCUT2D eigenvalue weighted by Crippen LogP contribution is 2.20. The molecule has 2 aromatic carbocycles. The van der Waals surface area contributed by atoms with Gasteiger partial charge in [0.2, 0.25) is 10.0 Å². The second kappa shape index (κ2) is 9.12. The standard InChI is InChI=1S/C23H28N4O2S/c1-19-5-11-23(12-6-19)30(28,29)25-16-21-4-2-14-26(18-21)17-20-7-9-22(10-8-20)27-15-3-13-24-27/h3,5-13,15,21,25H,2,4,14,16-18H2,1H3. The summed E-state index contributed by atoms with van der Waals surface area (Å²) in [6.45, 7) is 5.25. The normalized spacial score (nSPS) is 17.8. The van der Waals surface area contributed by atoms with Crippen LogP contribution in [0.3, 0.4) is 0 Å². The fourth-order valence-corrected chi connectivity index (χ4v) is 5.04. The SMILES string of the molecule is Cc1ccc(S(=O)(=O)NCC2CCCN(Cc3ccc(-n4cccn4)cc3)C2)cc1. The molecule has 4 rings (SSSR count). The molecule has 6 nitrogen and oxygen atoms in total. The van der Waals surface area contributed by atoms with Crippen molar-refractivity contribution in [1.29, 1.82) is 0 Å². The molecule has 7 heteroatoms. The van der Waals surface area contributed by atoms with E-state index < -0.39 is 10.0 Å². The number of nitrogens with zero attached hydrogens (tertiary/aromatic N) is 3. The van der Waals surface area contributed by atoms with E-state index in [1.807, 2.05) is 36.0 Å². The summed E-state index contributed by atoms with van der Waals surface area (Å²) in [6.07, 6.45) is 5.84. The first-order valence-electron chi connectivity index (χ1n) is 10.4. The fourth-order valence-electron chi connectivity index (χ4n) is 3.92. The summed E-state index contributed by atoms with van der Waals surface area (Å²) in [5.41, 5.74) is 3.35. The van der Waals surface area contributed by atoms with Gasteiger partial charge in [-0.3, -0.25) is 4.90 Å². The molecular formula is C23H28N4O2S. The predicted molar refractivity (Wildman–Crippen MR) is 118 cm³/mol. The van der Waals surface area contributed by atoms with Gasteiger partial charge in [-0.05, 0) is 68.1 Å². The van der Waals surface area contributed by atoms with Gasteiger partial charge in [-0.2, -0.15) is 5.10 Å². The second-order valence-electron chi connectivity index (χ2n) is 8.03. The molecule has 1 fully saturated rings. The molecule has 158 valence electrons. The van der Waals surface area contributed by atoms with E-state index in [1.165, 1.54) is 5.56 Å². The maximum atomic E-state index is 12.6. The third-order valence-corrected chi connectivity index (χ3v) is 7.05. The molecule has 1 N–H and O–H groups in total. The van der Waals surface area contributed by atoms with E-state index in [4.69, 9.17) is 0 Å². The summed E-state index contributed by atoms with van der Waals surface area (Å²) in [6, 6.07) is 17.3. The molecule has 1 aliphatic rings. The van der Waals surface area contributed by atoms with Crippen molar-refractivity contribution in [3.05, 3.63) is 78.1 Å². The number of benzene rings is 2. The summed E-state index contributed by atoms with van der Waals surface area (Å²) < 4.78 is 29.8. The minimum atomic E-state index is -3.46. The summed E-state index contributed by atoms with van der Waals surface area (Å²) >= 11 is 0. The molecule has 0 amide bonds. The van der Waals surface area contributed by atoms with Crippen molar-refractivity contribution in [3.8, 4) is 5.69 Å². The number of piperidine rings is 1. The van der Waals surface area contributed by atoms with Crippen LogP contribution >= 0.6 is 0 Å². The van der Waals surface area contributed by atoms with E-state index in [9.17, 15) is 8.42 Å². The molecule has 0 bridgehead atoms. The maximum Gasteiger partial charge on any atom is 0.240 e. The van der Waals surface area contributed by atoms with Gasteiger partial charge in [0.25, 0.3) is 0 Å². The predicted octanol–water partition coefficient (Wildman–Crippen LogP) is 3.37. The third kappa shape index (κ3) is 5.16. The molecule has 1 aromatic heterocycles. The molecule has 0 saturated carbocycles. The van der Waals surface area contributed by atoms with Gasteiger partial charge in [-0.15, -0.1) is 0 Å². The summed E-state index contributed by atoms with van der Waals surface area (Å²) in [4.78, 5) is 2.75. The molecule has 3 aromatic rings. The van der Waals surface area contributed by atoms with Crippen LogP contribution in [0.15, 0.2) is 71.9 Å². The van der Waals surface area contributed by atoms with Gasteiger partial charge in [0.1, 0.15) is 0 Å². The number of sulfonamides is 1. The molecular weight excluding hydrogens is 396 g/mol. The first kappa shape index (κ1) is 20.8. The number of rotatable bonds is 7. The highest BCUT2D eigenvalue weighted by Gasteiger charge is 2.22. The monoisotopic (exact) mass is 424 g/mol. The fraction of sp³-hybridized carbons (Fsp3) is 0.348. The van der Waals surface area contributed by atoms with Gasteiger partial charge in [0, 0.05) is 32.0 Å². The minimum absolute atomic E-state index is 0.322. The number of likely N-dealkylation sites (tertiary alicyclic amines) is 1. The lowest BCUT2D eigenvalue weighted by atomic mass is 9.98. The van der Waals surface area contributed by atoms with E-state index >= 15 is 0 Å². The van der Waals surface area contributed by atoms with Crippen LogP contribution in [0, 0.1) is 12.8 Å². The van der Waals surface area contributed by atoms with Crippen LogP contribution in [0.2, 0.25) is 0 Å². The molecule has 30 heavy (non-hydrogen) atoms. The van der Waals surface area contributed by atoms with E-state index in [1.54, 1.807) is 18.3 Å². The van der Waals surface area contributed by atoms with Gasteiger partial charge in [-0.1, -0.05) is 29.8 Å². The average molecular weight is 425 g/mol. The Labute approximate surface area is 178 Å². The Hall–Kier alpha value is -2.48. The molecule has 1 saturated heterocycles. The average Bonchev–Trinajstić information content (AvgIpc) is 3.29. The Morgan fingerprint density at radius 2 is 1.87 bits per heavy atom. The smallest absolute Gasteiger partial charge is 0.240 e. The topological polar surface area (TPSA) is 67.2 Å². The number of hydrogen-bond acceptors (Lipinski definition) is 4. The van der Waals surface area contributed by atoms with Crippen LogP contribution in [0.5, 0.6) is 0 Å². The van der Waals surface area contributed by atoms with Crippen molar-refractivity contribution in [2.75, 3.05) is 19.6 Å². The highest BCUT2D eigenvalue weighted by molar-refractivity contribution is 7.89. The zero-order chi connectivity index (χ0) is 21.0. The van der Waals surface area contributed by atoms with Crippen molar-refractivity contribution < 1.29 is 8.42 Å². The van der Waals surface area contributed by atoms with E-state index in [-0.39, 0.29) is 0 Å². The maximum absolute atomic E-state index is 12.6. The van der Waals surface area contributed by atoms with Crippen LogP contribution < -0.4 is 4.72 Å². The molecule has 0 spiro atoms. The van der Waals surface area contributed by atoms with Crippen LogP contribution in [0.25, 0.3) is 5.69 Å². The molecule has 1 aliphatic heterocycles. The van der Waals surface area contributed by atoms with E-state index in [2.05, 4.69) is 39.0 Å². The zero-order valence-corrected chi connectivity index (χ0v) is 18.1. The Bertz CT molecular complexity index is 1050. The molecule has 1 atom stereocenters. The Morgan fingerprint density at radius 1 is 1.10 bits per heavy atom. The molecule has 1 unspecified atom stereocenters. The highest BCUT2D eigenvalue weighted by atomic mass is 32.2. The van der Waals surface area contributed by atoms with Crippen LogP contribution in [-0.2, 0) is 16.6 Å². The van der Waals surface area contributed by atoms with Crippen molar-refractivity contribution >= 4 is 10.0 Å². The number of aromatic nitrogens is 2. The number of aryl methyl sites for hydroxylation is 1. The van der Waals surface area contributed by atoms with Gasteiger partial charge >= 0.3 is 0 Å². The lowest BCUT2D eigenvalue weighted by Gasteiger charge is -2.32. The first-order chi connectivity index (χ1) is 14.5. The second-order valence-corrected chi connectivity index (χ2v) is 9.79. The van der Waals surface area contributed by atoms with Gasteiger partial charge in [0.05, 0.1) is 10.6 Å². The minimum Gasteiger partial charge on any atom is -0.299 e. The van der Waals surface area contributed by atoms with Crippen LogP contribution in [0.1, 0.15) is 24.0 Å². The van der Waals surface area contributed by atoms with Crippen molar-refractivity contribution in [3.63, 3.8) is 0 Å². The summed E-state index contributed by atoms with van der Waals surface area (Å²) in [5.74, 6) is 0.322. The van der Waals surface area contributed by atoms with Gasteiger partial charge < -0.3 is 0 Å². The van der Waals surface area contributed by atoms with Crippen LogP contribution in [0.4, 0.5) is 0 Å². The molecule has 0 radical (unpaired) electrons. The molecule has 2 heterocycles. The van der Waals surface area contributed by atoms with Crippen molar-refractivity contribution in [1.82, 2.24) is 19.4 Å². The van der Waals surface area contributed by atoms with Crippen molar-refractivity contribution in [2.24, 2.45) is 5.92 Å². The van der Waals surface area contributed by atoms with Crippen LogP contribution in [-0.4, -0.2) is 42.7 Å². The molecule has 0 aliphatic carbocycles. The van der Waals surface area contributed by atoms with E-state index in [0.29, 0.717) is 17.4 Å². The first-order valence-corrected chi connectivity index (χ1v) is 11.9. The number of nitrogens with one attached hydrogen (secondary N) is 1. The quantitative estimate of drug-likeness (QED) is 0.631. The van der Waals surface area contributed by atoms with E-state index in [0.717, 1.165) is 43.7 Å². The lowest BCUT2D eigenvalue weighted by Crippen LogP contribution is -2.40. The zero-order valence-electron chi connectivity index (χ0n) is 17.2. The summed E-state index contributed by atoms with van der Waals surface area (Å²) in [5, 5.41) is 4.26. The third-order valence-electron chi connectivity index (χ3n) is 5.61. The Balaban J connectivity index is 1.31. The Kier molecular flexibility index (Phi) is 6.32. The van der Waals surface area contributed by atoms with Crippen molar-refractivity contribution in [2.45, 2.75) is 31.2 Å². The van der Waals surface area contributed by atoms with Gasteiger partial charge in [-0.25, -0.2) is 17.8 Å². The Morgan fingerprint density at radius 3 is 2.57 bits per heavy atom. The van der Waals surface area contributed by atoms with Gasteiger partial charge in [0.15, 0.2) is 0 Å². The lowest BCUT2D eigenvalue weighted by molar-refractivity contribution is 0.169.